The zero-order valence-corrected chi connectivity index (χ0v) is 8.41. The van der Waals surface area contributed by atoms with Crippen LogP contribution >= 0.6 is 0 Å². The maximum Gasteiger partial charge on any atom is 0.336 e. The van der Waals surface area contributed by atoms with Gasteiger partial charge in [0, 0.05) is 0 Å². The van der Waals surface area contributed by atoms with Crippen LogP contribution in [0.2, 0.25) is 0 Å². The summed E-state index contributed by atoms with van der Waals surface area (Å²) in [6.45, 7) is 1.44. The minimum Gasteiger partial charge on any atom is -0.481 e. The van der Waals surface area contributed by atoms with E-state index in [1.165, 1.54) is 6.92 Å². The first-order valence-electron chi connectivity index (χ1n) is 3.98. The molecule has 0 aromatic carbocycles. The van der Waals surface area contributed by atoms with Gasteiger partial charge in [-0.2, -0.15) is 0 Å². The first-order chi connectivity index (χ1) is 7.19. The Labute approximate surface area is 90.1 Å². The molecule has 0 aromatic heterocycles. The molecular weight excluding hydrogens is 224 g/mol. The lowest BCUT2D eigenvalue weighted by Crippen LogP contribution is -2.42. The molecule has 0 heterocycles. The second-order valence-corrected chi connectivity index (χ2v) is 2.71. The zero-order valence-electron chi connectivity index (χ0n) is 8.41. The topological polar surface area (TPSA) is 149 Å². The van der Waals surface area contributed by atoms with Crippen molar-refractivity contribution in [1.82, 2.24) is 0 Å². The van der Waals surface area contributed by atoms with Crippen molar-refractivity contribution >= 4 is 24.2 Å². The van der Waals surface area contributed by atoms with Crippen molar-refractivity contribution in [3.63, 3.8) is 0 Å². The van der Waals surface area contributed by atoms with Crippen molar-refractivity contribution in [2.75, 3.05) is 0 Å². The van der Waals surface area contributed by atoms with Gasteiger partial charge >= 0.3 is 17.9 Å². The van der Waals surface area contributed by atoms with Gasteiger partial charge in [0.25, 0.3) is 0 Å². The third kappa shape index (κ3) is 7.44. The van der Waals surface area contributed by atoms with Crippen LogP contribution in [0, 0.1) is 0 Å². The molecular formula is C8H12O8. The Bertz CT molecular complexity index is 266. The summed E-state index contributed by atoms with van der Waals surface area (Å²) in [6.07, 6.45) is -1.54. The van der Waals surface area contributed by atoms with E-state index < -0.39 is 36.4 Å². The number of aliphatic hydroxyl groups is 1. The first kappa shape index (κ1) is 16.5. The molecule has 0 aromatic rings. The van der Waals surface area contributed by atoms with Crippen LogP contribution < -0.4 is 0 Å². The Kier molecular flexibility index (Phi) is 7.56. The molecule has 0 amide bonds. The highest BCUT2D eigenvalue weighted by Crippen LogP contribution is 2.15. The molecule has 0 radical (unpaired) electrons. The van der Waals surface area contributed by atoms with Gasteiger partial charge in [-0.1, -0.05) is 0 Å². The second-order valence-electron chi connectivity index (χ2n) is 2.71. The monoisotopic (exact) mass is 236 g/mol. The molecule has 0 fully saturated rings. The van der Waals surface area contributed by atoms with Gasteiger partial charge in [0.1, 0.15) is 6.29 Å². The summed E-state index contributed by atoms with van der Waals surface area (Å²) in [6, 6.07) is 0. The summed E-state index contributed by atoms with van der Waals surface area (Å²) in [5.74, 6) is -5.02. The Morgan fingerprint density at radius 2 is 1.31 bits per heavy atom. The fourth-order valence-corrected chi connectivity index (χ4v) is 0.714. The van der Waals surface area contributed by atoms with Crippen LogP contribution in [0.15, 0.2) is 0 Å². The standard InChI is InChI=1S/C6H8O7.C2H4O/c7-3(8)1-6(13,5(11)12)2-4(9)10;1-2-3/h13H,1-2H2,(H,7,8)(H,9,10)(H,11,12);2H,1H3. The molecule has 0 unspecified atom stereocenters. The number of rotatable bonds is 5. The largest absolute Gasteiger partial charge is 0.481 e. The highest BCUT2D eigenvalue weighted by Gasteiger charge is 2.40. The van der Waals surface area contributed by atoms with Crippen molar-refractivity contribution in [2.24, 2.45) is 0 Å². The molecule has 0 bridgehead atoms. The van der Waals surface area contributed by atoms with Crippen LogP contribution in [-0.4, -0.2) is 50.2 Å². The predicted octanol–water partition coefficient (Wildman–Crippen LogP) is -1.04. The smallest absolute Gasteiger partial charge is 0.336 e. The fourth-order valence-electron chi connectivity index (χ4n) is 0.714. The van der Waals surface area contributed by atoms with E-state index in [-0.39, 0.29) is 0 Å². The molecule has 16 heavy (non-hydrogen) atoms. The Balaban J connectivity index is 0. The highest BCUT2D eigenvalue weighted by atomic mass is 16.4. The lowest BCUT2D eigenvalue weighted by Gasteiger charge is -2.18. The predicted molar refractivity (Wildman–Crippen MR) is 48.8 cm³/mol. The summed E-state index contributed by atoms with van der Waals surface area (Å²) in [7, 11) is 0. The van der Waals surface area contributed by atoms with Crippen LogP contribution in [0.1, 0.15) is 19.8 Å². The van der Waals surface area contributed by atoms with E-state index in [0.29, 0.717) is 0 Å². The number of hydrogen-bond acceptors (Lipinski definition) is 5. The molecule has 0 aliphatic heterocycles. The van der Waals surface area contributed by atoms with E-state index in [2.05, 4.69) is 0 Å². The average molecular weight is 236 g/mol. The lowest BCUT2D eigenvalue weighted by atomic mass is 9.96. The quantitative estimate of drug-likeness (QED) is 0.442. The van der Waals surface area contributed by atoms with Crippen molar-refractivity contribution in [2.45, 2.75) is 25.4 Å². The third-order valence-electron chi connectivity index (χ3n) is 1.29. The summed E-state index contributed by atoms with van der Waals surface area (Å²) in [4.78, 5) is 39.3. The first-order valence-corrected chi connectivity index (χ1v) is 3.98. The second kappa shape index (κ2) is 7.35. The van der Waals surface area contributed by atoms with Gasteiger partial charge in [-0.25, -0.2) is 4.79 Å². The Morgan fingerprint density at radius 3 is 1.44 bits per heavy atom. The number of aliphatic carboxylic acids is 3. The average Bonchev–Trinajstić information content (AvgIpc) is 2.01. The minimum atomic E-state index is -2.74. The van der Waals surface area contributed by atoms with Crippen molar-refractivity contribution in [3.05, 3.63) is 0 Å². The third-order valence-corrected chi connectivity index (χ3v) is 1.29. The van der Waals surface area contributed by atoms with E-state index in [9.17, 15) is 14.4 Å². The van der Waals surface area contributed by atoms with E-state index in [1.807, 2.05) is 0 Å². The highest BCUT2D eigenvalue weighted by molar-refractivity contribution is 5.88. The van der Waals surface area contributed by atoms with Crippen LogP contribution in [0.4, 0.5) is 0 Å². The molecule has 0 saturated carbocycles. The van der Waals surface area contributed by atoms with Gasteiger partial charge in [0.15, 0.2) is 5.60 Å². The Morgan fingerprint density at radius 1 is 1.06 bits per heavy atom. The molecule has 0 aliphatic rings. The minimum absolute atomic E-state index is 0.750. The zero-order chi connectivity index (χ0) is 13.4. The number of carboxylic acids is 3. The molecule has 92 valence electrons. The van der Waals surface area contributed by atoms with E-state index in [1.54, 1.807) is 0 Å². The maximum atomic E-state index is 10.3. The molecule has 0 saturated heterocycles. The number of carbonyl (C=O) groups is 4. The van der Waals surface area contributed by atoms with Gasteiger partial charge < -0.3 is 25.2 Å². The number of carbonyl (C=O) groups excluding carboxylic acids is 1. The summed E-state index contributed by atoms with van der Waals surface area (Å²) in [5.41, 5.74) is -2.74. The van der Waals surface area contributed by atoms with Gasteiger partial charge in [-0.3, -0.25) is 9.59 Å². The van der Waals surface area contributed by atoms with Crippen LogP contribution in [0.5, 0.6) is 0 Å². The molecule has 0 aliphatic carbocycles. The van der Waals surface area contributed by atoms with E-state index in [4.69, 9.17) is 25.2 Å². The van der Waals surface area contributed by atoms with Crippen molar-refractivity contribution in [3.8, 4) is 0 Å². The van der Waals surface area contributed by atoms with Gasteiger partial charge in [0.2, 0.25) is 0 Å². The van der Waals surface area contributed by atoms with Crippen LogP contribution in [0.25, 0.3) is 0 Å². The fraction of sp³-hybridized carbons (Fsp3) is 0.500. The van der Waals surface area contributed by atoms with Crippen molar-refractivity contribution < 1.29 is 39.6 Å². The molecule has 8 nitrogen and oxygen atoms in total. The summed E-state index contributed by atoms with van der Waals surface area (Å²) < 4.78 is 0. The number of carboxylic acid groups (broad SMARTS) is 3. The lowest BCUT2D eigenvalue weighted by molar-refractivity contribution is -0.170. The molecule has 0 rings (SSSR count). The summed E-state index contributed by atoms with van der Waals surface area (Å²) in [5, 5.41) is 33.8. The van der Waals surface area contributed by atoms with Gasteiger partial charge in [-0.05, 0) is 6.92 Å². The molecule has 0 atom stereocenters. The normalized spacial score (nSPS) is 9.62. The van der Waals surface area contributed by atoms with Crippen LogP contribution in [-0.2, 0) is 19.2 Å². The molecule has 0 spiro atoms. The number of aldehydes is 1. The molecule has 4 N–H and O–H groups in total. The van der Waals surface area contributed by atoms with E-state index >= 15 is 0 Å². The molecule has 8 heteroatoms. The Hall–Kier alpha value is -1.96. The number of hydrogen-bond donors (Lipinski definition) is 4. The van der Waals surface area contributed by atoms with Crippen molar-refractivity contribution in [1.29, 1.82) is 0 Å². The van der Waals surface area contributed by atoms with Crippen LogP contribution in [0.3, 0.4) is 0 Å². The van der Waals surface area contributed by atoms with Gasteiger partial charge in [-0.15, -0.1) is 0 Å². The van der Waals surface area contributed by atoms with Gasteiger partial charge in [0.05, 0.1) is 12.8 Å². The maximum absolute atomic E-state index is 10.3. The van der Waals surface area contributed by atoms with E-state index in [0.717, 1.165) is 6.29 Å². The SMILES string of the molecule is CC=O.O=C(O)CC(O)(CC(=O)O)C(=O)O. The summed E-state index contributed by atoms with van der Waals surface area (Å²) >= 11 is 0.